The molecule has 0 aromatic heterocycles. The number of rotatable bonds is 7. The molecule has 1 aliphatic heterocycles. The summed E-state index contributed by atoms with van der Waals surface area (Å²) in [6, 6.07) is 0.134. The first-order valence-corrected chi connectivity index (χ1v) is 5.92. The van der Waals surface area contributed by atoms with Gasteiger partial charge in [0, 0.05) is 25.7 Å². The molecule has 1 heterocycles. The zero-order chi connectivity index (χ0) is 11.8. The first kappa shape index (κ1) is 13.4. The molecule has 0 saturated carbocycles. The van der Waals surface area contributed by atoms with Gasteiger partial charge in [-0.05, 0) is 19.4 Å². The van der Waals surface area contributed by atoms with Crippen LogP contribution in [0, 0.1) is 0 Å². The fourth-order valence-electron chi connectivity index (χ4n) is 1.88. The van der Waals surface area contributed by atoms with Gasteiger partial charge in [-0.25, -0.2) is 0 Å². The molecular formula is C11H22N2O3. The molecule has 16 heavy (non-hydrogen) atoms. The Morgan fingerprint density at radius 1 is 1.50 bits per heavy atom. The first-order valence-electron chi connectivity index (χ1n) is 5.92. The minimum Gasteiger partial charge on any atom is -0.467 e. The molecule has 0 aromatic rings. The molecular weight excluding hydrogens is 208 g/mol. The molecule has 2 unspecified atom stereocenters. The standard InChI is InChI=1S/C11H22N2O3/c1-2-6-16-11-8-13(4-3-10(11)12)5-7-15-9-14/h9-11H,2-8,12H2,1H3. The minimum atomic E-state index is 0.116. The average molecular weight is 230 g/mol. The first-order chi connectivity index (χ1) is 7.77. The van der Waals surface area contributed by atoms with Crippen molar-refractivity contribution >= 4 is 6.47 Å². The van der Waals surface area contributed by atoms with Crippen molar-refractivity contribution in [2.24, 2.45) is 5.73 Å². The maximum Gasteiger partial charge on any atom is 0.293 e. The lowest BCUT2D eigenvalue weighted by Gasteiger charge is -2.36. The quantitative estimate of drug-likeness (QED) is 0.492. The van der Waals surface area contributed by atoms with Gasteiger partial charge in [0.05, 0.1) is 6.10 Å². The van der Waals surface area contributed by atoms with E-state index in [-0.39, 0.29) is 12.1 Å². The highest BCUT2D eigenvalue weighted by atomic mass is 16.5. The maximum atomic E-state index is 10.0. The third-order valence-electron chi connectivity index (χ3n) is 2.82. The Labute approximate surface area is 96.9 Å². The smallest absolute Gasteiger partial charge is 0.293 e. The Hall–Kier alpha value is -0.650. The number of nitrogens with zero attached hydrogens (tertiary/aromatic N) is 1. The van der Waals surface area contributed by atoms with Gasteiger partial charge in [0.25, 0.3) is 6.47 Å². The summed E-state index contributed by atoms with van der Waals surface area (Å²) in [6.45, 7) is 6.33. The van der Waals surface area contributed by atoms with Gasteiger partial charge < -0.3 is 15.2 Å². The molecule has 5 heteroatoms. The van der Waals surface area contributed by atoms with Crippen molar-refractivity contribution in [3.63, 3.8) is 0 Å². The summed E-state index contributed by atoms with van der Waals surface area (Å²) < 4.78 is 10.4. The van der Waals surface area contributed by atoms with E-state index in [1.807, 2.05) is 0 Å². The summed E-state index contributed by atoms with van der Waals surface area (Å²) in [5, 5.41) is 0. The van der Waals surface area contributed by atoms with E-state index in [9.17, 15) is 4.79 Å². The summed E-state index contributed by atoms with van der Waals surface area (Å²) in [5.74, 6) is 0. The fourth-order valence-corrected chi connectivity index (χ4v) is 1.88. The SMILES string of the molecule is CCCOC1CN(CCOC=O)CCC1N. The van der Waals surface area contributed by atoms with Crippen LogP contribution >= 0.6 is 0 Å². The molecule has 1 fully saturated rings. The normalized spacial score (nSPS) is 26.6. The van der Waals surface area contributed by atoms with Crippen LogP contribution in [0.2, 0.25) is 0 Å². The molecule has 1 rings (SSSR count). The zero-order valence-electron chi connectivity index (χ0n) is 9.93. The van der Waals surface area contributed by atoms with Crippen molar-refractivity contribution in [3.05, 3.63) is 0 Å². The van der Waals surface area contributed by atoms with Gasteiger partial charge >= 0.3 is 0 Å². The van der Waals surface area contributed by atoms with Crippen LogP contribution < -0.4 is 5.73 Å². The number of hydrogen-bond acceptors (Lipinski definition) is 5. The van der Waals surface area contributed by atoms with Gasteiger partial charge in [0.15, 0.2) is 0 Å². The third kappa shape index (κ3) is 4.47. The van der Waals surface area contributed by atoms with Crippen LogP contribution in [0.3, 0.4) is 0 Å². The molecule has 0 aliphatic carbocycles. The second-order valence-electron chi connectivity index (χ2n) is 4.13. The number of carbonyl (C=O) groups is 1. The number of likely N-dealkylation sites (tertiary alicyclic amines) is 1. The van der Waals surface area contributed by atoms with E-state index in [0.717, 1.165) is 39.1 Å². The van der Waals surface area contributed by atoms with Gasteiger partial charge in [-0.3, -0.25) is 9.69 Å². The summed E-state index contributed by atoms with van der Waals surface area (Å²) in [6.07, 6.45) is 2.07. The molecule has 2 N–H and O–H groups in total. The Balaban J connectivity index is 2.26. The predicted octanol–water partition coefficient (Wildman–Crippen LogP) is -0.0124. The monoisotopic (exact) mass is 230 g/mol. The van der Waals surface area contributed by atoms with Gasteiger partial charge in [-0.2, -0.15) is 0 Å². The molecule has 0 aromatic carbocycles. The van der Waals surface area contributed by atoms with Crippen LogP contribution in [0.15, 0.2) is 0 Å². The molecule has 5 nitrogen and oxygen atoms in total. The van der Waals surface area contributed by atoms with E-state index < -0.39 is 0 Å². The predicted molar refractivity (Wildman–Crippen MR) is 61.1 cm³/mol. The number of hydrogen-bond donors (Lipinski definition) is 1. The van der Waals surface area contributed by atoms with Crippen molar-refractivity contribution in [3.8, 4) is 0 Å². The Bertz CT molecular complexity index is 202. The highest BCUT2D eigenvalue weighted by Gasteiger charge is 2.26. The van der Waals surface area contributed by atoms with Crippen molar-refractivity contribution < 1.29 is 14.3 Å². The molecule has 0 spiro atoms. The van der Waals surface area contributed by atoms with E-state index in [1.165, 1.54) is 0 Å². The molecule has 0 amide bonds. The molecule has 1 aliphatic rings. The highest BCUT2D eigenvalue weighted by Crippen LogP contribution is 2.12. The van der Waals surface area contributed by atoms with Crippen LogP contribution in [0.4, 0.5) is 0 Å². The molecule has 94 valence electrons. The highest BCUT2D eigenvalue weighted by molar-refractivity contribution is 5.36. The zero-order valence-corrected chi connectivity index (χ0v) is 9.93. The third-order valence-corrected chi connectivity index (χ3v) is 2.82. The van der Waals surface area contributed by atoms with Gasteiger partial charge in [-0.15, -0.1) is 0 Å². The van der Waals surface area contributed by atoms with Gasteiger partial charge in [0.1, 0.15) is 6.61 Å². The molecule has 0 bridgehead atoms. The lowest BCUT2D eigenvalue weighted by molar-refractivity contribution is -0.129. The van der Waals surface area contributed by atoms with Crippen molar-refractivity contribution in [1.82, 2.24) is 4.90 Å². The lowest BCUT2D eigenvalue weighted by atomic mass is 10.0. The largest absolute Gasteiger partial charge is 0.467 e. The Morgan fingerprint density at radius 3 is 3.00 bits per heavy atom. The molecule has 2 atom stereocenters. The van der Waals surface area contributed by atoms with Crippen molar-refractivity contribution in [1.29, 1.82) is 0 Å². The fraction of sp³-hybridized carbons (Fsp3) is 0.909. The van der Waals surface area contributed by atoms with Crippen LogP contribution in [-0.4, -0.2) is 56.4 Å². The second-order valence-corrected chi connectivity index (χ2v) is 4.13. The summed E-state index contributed by atoms with van der Waals surface area (Å²) >= 11 is 0. The van der Waals surface area contributed by atoms with E-state index in [0.29, 0.717) is 13.1 Å². The summed E-state index contributed by atoms with van der Waals surface area (Å²) in [7, 11) is 0. The molecule has 0 radical (unpaired) electrons. The van der Waals surface area contributed by atoms with Gasteiger partial charge in [-0.1, -0.05) is 6.92 Å². The number of piperidine rings is 1. The lowest BCUT2D eigenvalue weighted by Crippen LogP contribution is -2.52. The van der Waals surface area contributed by atoms with Crippen LogP contribution in [0.25, 0.3) is 0 Å². The summed E-state index contributed by atoms with van der Waals surface area (Å²) in [4.78, 5) is 12.2. The van der Waals surface area contributed by atoms with E-state index in [4.69, 9.17) is 10.5 Å². The van der Waals surface area contributed by atoms with Crippen molar-refractivity contribution in [2.75, 3.05) is 32.8 Å². The van der Waals surface area contributed by atoms with E-state index >= 15 is 0 Å². The Morgan fingerprint density at radius 2 is 2.31 bits per heavy atom. The topological polar surface area (TPSA) is 64.8 Å². The van der Waals surface area contributed by atoms with Crippen molar-refractivity contribution in [2.45, 2.75) is 31.9 Å². The van der Waals surface area contributed by atoms with Crippen LogP contribution in [0.1, 0.15) is 19.8 Å². The number of ether oxygens (including phenoxy) is 2. The maximum absolute atomic E-state index is 10.0. The summed E-state index contributed by atoms with van der Waals surface area (Å²) in [5.41, 5.74) is 6.00. The molecule has 1 saturated heterocycles. The number of carbonyl (C=O) groups excluding carboxylic acids is 1. The minimum absolute atomic E-state index is 0.116. The van der Waals surface area contributed by atoms with Crippen LogP contribution in [-0.2, 0) is 14.3 Å². The second kappa shape index (κ2) is 7.60. The Kier molecular flexibility index (Phi) is 6.37. The number of nitrogens with two attached hydrogens (primary N) is 1. The van der Waals surface area contributed by atoms with Gasteiger partial charge in [0.2, 0.25) is 0 Å². The van der Waals surface area contributed by atoms with E-state index in [1.54, 1.807) is 0 Å². The average Bonchev–Trinajstić information content (AvgIpc) is 2.30. The van der Waals surface area contributed by atoms with E-state index in [2.05, 4.69) is 16.6 Å². The van der Waals surface area contributed by atoms with Crippen LogP contribution in [0.5, 0.6) is 0 Å².